The van der Waals surface area contributed by atoms with Gasteiger partial charge in [-0.2, -0.15) is 0 Å². The Labute approximate surface area is 108 Å². The van der Waals surface area contributed by atoms with Gasteiger partial charge >= 0.3 is 0 Å². The molecule has 1 atom stereocenters. The van der Waals surface area contributed by atoms with E-state index in [1.54, 1.807) is 6.07 Å². The van der Waals surface area contributed by atoms with Gasteiger partial charge in [0.25, 0.3) is 0 Å². The molecule has 1 unspecified atom stereocenters. The summed E-state index contributed by atoms with van der Waals surface area (Å²) in [5, 5.41) is 0.205. The van der Waals surface area contributed by atoms with Crippen LogP contribution in [0, 0.1) is 5.82 Å². The standard InChI is InChI=1S/C14H21ClFN/c1-9(5-6-17)10-7-11(14(2,3)4)13(16)12(15)8-10/h7-9H,5-6,17H2,1-4H3. The number of halogens is 2. The zero-order chi connectivity index (χ0) is 13.2. The molecule has 0 aliphatic rings. The van der Waals surface area contributed by atoms with Crippen molar-refractivity contribution < 1.29 is 4.39 Å². The molecule has 1 aromatic rings. The zero-order valence-corrected chi connectivity index (χ0v) is 11.7. The van der Waals surface area contributed by atoms with Crippen molar-refractivity contribution in [1.29, 1.82) is 0 Å². The maximum Gasteiger partial charge on any atom is 0.145 e. The molecule has 0 spiro atoms. The first kappa shape index (κ1) is 14.5. The van der Waals surface area contributed by atoms with Crippen LogP contribution in [0.15, 0.2) is 12.1 Å². The third kappa shape index (κ3) is 3.43. The van der Waals surface area contributed by atoms with E-state index in [0.29, 0.717) is 18.0 Å². The highest BCUT2D eigenvalue weighted by molar-refractivity contribution is 6.30. The van der Waals surface area contributed by atoms with Crippen LogP contribution in [0.4, 0.5) is 4.39 Å². The molecule has 0 amide bonds. The fraction of sp³-hybridized carbons (Fsp3) is 0.571. The number of benzene rings is 1. The SMILES string of the molecule is CC(CCN)c1cc(Cl)c(F)c(C(C)(C)C)c1. The smallest absolute Gasteiger partial charge is 0.145 e. The lowest BCUT2D eigenvalue weighted by Gasteiger charge is -2.23. The van der Waals surface area contributed by atoms with Crippen molar-refractivity contribution in [1.82, 2.24) is 0 Å². The fourth-order valence-corrected chi connectivity index (χ4v) is 2.08. The average molecular weight is 258 g/mol. The van der Waals surface area contributed by atoms with Gasteiger partial charge in [-0.1, -0.05) is 45.4 Å². The molecule has 0 aliphatic heterocycles. The third-order valence-corrected chi connectivity index (χ3v) is 3.30. The van der Waals surface area contributed by atoms with Crippen LogP contribution < -0.4 is 5.73 Å². The van der Waals surface area contributed by atoms with Crippen molar-refractivity contribution >= 4 is 11.6 Å². The van der Waals surface area contributed by atoms with Crippen LogP contribution in [0.2, 0.25) is 5.02 Å². The van der Waals surface area contributed by atoms with Crippen LogP contribution >= 0.6 is 11.6 Å². The Morgan fingerprint density at radius 3 is 2.41 bits per heavy atom. The van der Waals surface area contributed by atoms with Crippen LogP contribution in [-0.2, 0) is 5.41 Å². The molecular weight excluding hydrogens is 237 g/mol. The molecule has 96 valence electrons. The van der Waals surface area contributed by atoms with Gasteiger partial charge in [0.05, 0.1) is 5.02 Å². The monoisotopic (exact) mass is 257 g/mol. The van der Waals surface area contributed by atoms with E-state index in [1.807, 2.05) is 26.8 Å². The minimum absolute atomic E-state index is 0.205. The molecule has 0 saturated carbocycles. The normalized spacial score (nSPS) is 13.8. The molecule has 0 aliphatic carbocycles. The predicted octanol–water partition coefficient (Wildman–Crippen LogP) is 4.23. The maximum absolute atomic E-state index is 14.0. The lowest BCUT2D eigenvalue weighted by atomic mass is 9.84. The summed E-state index contributed by atoms with van der Waals surface area (Å²) in [7, 11) is 0. The highest BCUT2D eigenvalue weighted by Gasteiger charge is 2.22. The van der Waals surface area contributed by atoms with E-state index in [9.17, 15) is 4.39 Å². The lowest BCUT2D eigenvalue weighted by Crippen LogP contribution is -2.15. The Hall–Kier alpha value is -0.600. The molecule has 0 saturated heterocycles. The van der Waals surface area contributed by atoms with Crippen LogP contribution in [0.5, 0.6) is 0 Å². The van der Waals surface area contributed by atoms with Crippen LogP contribution in [0.1, 0.15) is 51.2 Å². The van der Waals surface area contributed by atoms with Gasteiger partial charge < -0.3 is 5.73 Å². The maximum atomic E-state index is 14.0. The number of hydrogen-bond donors (Lipinski definition) is 1. The van der Waals surface area contributed by atoms with E-state index in [-0.39, 0.29) is 16.3 Å². The van der Waals surface area contributed by atoms with E-state index in [2.05, 4.69) is 6.92 Å². The number of hydrogen-bond acceptors (Lipinski definition) is 1. The first-order valence-electron chi connectivity index (χ1n) is 5.97. The summed E-state index contributed by atoms with van der Waals surface area (Å²) >= 11 is 5.96. The molecule has 3 heteroatoms. The van der Waals surface area contributed by atoms with Gasteiger partial charge in [-0.15, -0.1) is 0 Å². The van der Waals surface area contributed by atoms with E-state index in [4.69, 9.17) is 17.3 Å². The minimum atomic E-state index is -0.303. The van der Waals surface area contributed by atoms with E-state index < -0.39 is 0 Å². The van der Waals surface area contributed by atoms with Gasteiger partial charge in [-0.25, -0.2) is 4.39 Å². The van der Waals surface area contributed by atoms with Gasteiger partial charge in [0.2, 0.25) is 0 Å². The van der Waals surface area contributed by atoms with Crippen molar-refractivity contribution in [2.45, 2.75) is 45.4 Å². The predicted molar refractivity (Wildman–Crippen MR) is 72.2 cm³/mol. The van der Waals surface area contributed by atoms with Crippen LogP contribution in [0.25, 0.3) is 0 Å². The summed E-state index contributed by atoms with van der Waals surface area (Å²) < 4.78 is 14.0. The second-order valence-electron chi connectivity index (χ2n) is 5.59. The molecule has 0 aromatic heterocycles. The van der Waals surface area contributed by atoms with Gasteiger partial charge in [-0.3, -0.25) is 0 Å². The molecule has 0 radical (unpaired) electrons. The Bertz CT molecular complexity index is 396. The molecule has 2 N–H and O–H groups in total. The van der Waals surface area contributed by atoms with Crippen molar-refractivity contribution in [3.8, 4) is 0 Å². The van der Waals surface area contributed by atoms with Gasteiger partial charge in [0.15, 0.2) is 0 Å². The number of nitrogens with two attached hydrogens (primary N) is 1. The average Bonchev–Trinajstić information content (AvgIpc) is 2.20. The van der Waals surface area contributed by atoms with E-state index >= 15 is 0 Å². The molecular formula is C14H21ClFN. The van der Waals surface area contributed by atoms with Crippen molar-refractivity contribution in [3.63, 3.8) is 0 Å². The molecule has 0 fully saturated rings. The second-order valence-corrected chi connectivity index (χ2v) is 6.00. The van der Waals surface area contributed by atoms with E-state index in [0.717, 1.165) is 12.0 Å². The first-order valence-corrected chi connectivity index (χ1v) is 6.34. The van der Waals surface area contributed by atoms with Gasteiger partial charge in [0.1, 0.15) is 5.82 Å². The fourth-order valence-electron chi connectivity index (χ4n) is 1.86. The molecule has 0 heterocycles. The molecule has 1 nitrogen and oxygen atoms in total. The molecule has 1 rings (SSSR count). The first-order chi connectivity index (χ1) is 7.77. The van der Waals surface area contributed by atoms with Crippen molar-refractivity contribution in [3.05, 3.63) is 34.1 Å². The summed E-state index contributed by atoms with van der Waals surface area (Å²) in [6, 6.07) is 3.63. The number of rotatable bonds is 3. The van der Waals surface area contributed by atoms with Crippen molar-refractivity contribution in [2.24, 2.45) is 5.73 Å². The van der Waals surface area contributed by atoms with Crippen LogP contribution in [-0.4, -0.2) is 6.54 Å². The second kappa shape index (κ2) is 5.36. The highest BCUT2D eigenvalue weighted by atomic mass is 35.5. The largest absolute Gasteiger partial charge is 0.330 e. The Balaban J connectivity index is 3.24. The quantitative estimate of drug-likeness (QED) is 0.862. The highest BCUT2D eigenvalue weighted by Crippen LogP contribution is 2.33. The van der Waals surface area contributed by atoms with Crippen molar-refractivity contribution in [2.75, 3.05) is 6.54 Å². The Morgan fingerprint density at radius 2 is 1.94 bits per heavy atom. The lowest BCUT2D eigenvalue weighted by molar-refractivity contribution is 0.520. The topological polar surface area (TPSA) is 26.0 Å². The summed E-state index contributed by atoms with van der Waals surface area (Å²) in [6.07, 6.45) is 0.881. The Kier molecular flexibility index (Phi) is 4.56. The summed E-state index contributed by atoms with van der Waals surface area (Å²) in [5.74, 6) is 0.00191. The summed E-state index contributed by atoms with van der Waals surface area (Å²) in [6.45, 7) is 8.67. The van der Waals surface area contributed by atoms with Gasteiger partial charge in [-0.05, 0) is 41.5 Å². The summed E-state index contributed by atoms with van der Waals surface area (Å²) in [4.78, 5) is 0. The van der Waals surface area contributed by atoms with Gasteiger partial charge in [0, 0.05) is 0 Å². The minimum Gasteiger partial charge on any atom is -0.330 e. The molecule has 17 heavy (non-hydrogen) atoms. The Morgan fingerprint density at radius 1 is 1.35 bits per heavy atom. The van der Waals surface area contributed by atoms with Crippen LogP contribution in [0.3, 0.4) is 0 Å². The molecule has 0 bridgehead atoms. The summed E-state index contributed by atoms with van der Waals surface area (Å²) in [5.41, 5.74) is 7.04. The zero-order valence-electron chi connectivity index (χ0n) is 11.0. The third-order valence-electron chi connectivity index (χ3n) is 3.03. The molecule has 1 aromatic carbocycles. The van der Waals surface area contributed by atoms with E-state index in [1.165, 1.54) is 0 Å².